The van der Waals surface area contributed by atoms with Gasteiger partial charge in [-0.05, 0) is 53.4 Å². The average Bonchev–Trinajstić information content (AvgIpc) is 3.01. The number of carbonyl (C=O) groups excluding carboxylic acids is 1. The molecule has 0 spiro atoms. The lowest BCUT2D eigenvalue weighted by molar-refractivity contribution is 0.0727. The van der Waals surface area contributed by atoms with Crippen LogP contribution in [0.25, 0.3) is 11.1 Å². The fourth-order valence-electron chi connectivity index (χ4n) is 4.02. The first-order valence-electron chi connectivity index (χ1n) is 11.3. The van der Waals surface area contributed by atoms with Crippen LogP contribution in [-0.2, 0) is 11.9 Å². The van der Waals surface area contributed by atoms with E-state index in [0.717, 1.165) is 11.1 Å². The fourth-order valence-corrected chi connectivity index (χ4v) is 4.02. The number of carbonyl (C=O) groups is 1. The minimum atomic E-state index is -1.68. The van der Waals surface area contributed by atoms with E-state index in [2.05, 4.69) is 9.98 Å². The molecule has 2 heterocycles. The highest BCUT2D eigenvalue weighted by atomic mass is 19.1. The molecule has 1 aliphatic heterocycles. The Morgan fingerprint density at radius 3 is 2.69 bits per heavy atom. The summed E-state index contributed by atoms with van der Waals surface area (Å²) in [4.78, 5) is 22.5. The molecule has 9 heteroatoms. The zero-order valence-electron chi connectivity index (χ0n) is 20.0. The van der Waals surface area contributed by atoms with Gasteiger partial charge in [0.2, 0.25) is 0 Å². The first-order chi connectivity index (χ1) is 16.6. The van der Waals surface area contributed by atoms with Crippen molar-refractivity contribution < 1.29 is 13.9 Å². The highest BCUT2D eigenvalue weighted by Crippen LogP contribution is 2.38. The van der Waals surface area contributed by atoms with E-state index in [1.165, 1.54) is 17.2 Å². The highest BCUT2D eigenvalue weighted by molar-refractivity contribution is 6.42. The van der Waals surface area contributed by atoms with Crippen LogP contribution in [0.3, 0.4) is 0 Å². The van der Waals surface area contributed by atoms with Crippen LogP contribution in [-0.4, -0.2) is 51.4 Å². The topological polar surface area (TPSA) is 80.8 Å². The summed E-state index contributed by atoms with van der Waals surface area (Å²) in [5.74, 6) is -0.457. The minimum Gasteiger partial charge on any atom is -0.493 e. The van der Waals surface area contributed by atoms with Crippen molar-refractivity contribution in [3.63, 3.8) is 0 Å². The summed E-state index contributed by atoms with van der Waals surface area (Å²) >= 11 is 0. The predicted octanol–water partition coefficient (Wildman–Crippen LogP) is 3.66. The first kappa shape index (κ1) is 24.5. The molecule has 0 fully saturated rings. The van der Waals surface area contributed by atoms with Crippen LogP contribution in [0.15, 0.2) is 53.7 Å². The van der Waals surface area contributed by atoms with Crippen LogP contribution in [0, 0.1) is 11.7 Å². The molecule has 2 N–H and O–H groups in total. The van der Waals surface area contributed by atoms with Gasteiger partial charge in [0.25, 0.3) is 5.91 Å². The van der Waals surface area contributed by atoms with Gasteiger partial charge in [0, 0.05) is 41.6 Å². The van der Waals surface area contributed by atoms with E-state index in [1.807, 2.05) is 19.9 Å². The van der Waals surface area contributed by atoms with Crippen LogP contribution < -0.4 is 10.5 Å². The highest BCUT2D eigenvalue weighted by Gasteiger charge is 2.43. The van der Waals surface area contributed by atoms with Gasteiger partial charge < -0.3 is 15.4 Å². The Morgan fingerprint density at radius 1 is 1.23 bits per heavy atom. The van der Waals surface area contributed by atoms with Gasteiger partial charge in [-0.2, -0.15) is 0 Å². The van der Waals surface area contributed by atoms with Crippen molar-refractivity contribution in [2.24, 2.45) is 10.9 Å². The molecule has 0 aliphatic carbocycles. The van der Waals surface area contributed by atoms with E-state index in [9.17, 15) is 4.79 Å². The molecule has 1 aromatic heterocycles. The van der Waals surface area contributed by atoms with Gasteiger partial charge in [0.1, 0.15) is 11.6 Å². The van der Waals surface area contributed by atoms with Crippen LogP contribution in [0.5, 0.6) is 5.75 Å². The molecule has 0 saturated carbocycles. The Bertz CT molecular complexity index is 1310. The molecule has 1 aliphatic rings. The number of benzene rings is 2. The van der Waals surface area contributed by atoms with Crippen molar-refractivity contribution in [3.05, 3.63) is 76.9 Å². The number of anilines is 1. The lowest BCUT2D eigenvalue weighted by atomic mass is 9.59. The molecule has 4 radical (unpaired) electrons. The number of hydrogen-bond donors (Lipinski definition) is 1. The molecule has 174 valence electrons. The van der Waals surface area contributed by atoms with Gasteiger partial charge in [-0.1, -0.05) is 19.9 Å². The van der Waals surface area contributed by atoms with E-state index < -0.39 is 17.1 Å². The van der Waals surface area contributed by atoms with Gasteiger partial charge in [-0.3, -0.25) is 14.8 Å². The maximum absolute atomic E-state index is 15.6. The second-order valence-corrected chi connectivity index (χ2v) is 8.99. The summed E-state index contributed by atoms with van der Waals surface area (Å²) in [6.07, 6.45) is 3.16. The number of hydrogen-bond acceptors (Lipinski definition) is 5. The molecule has 0 unspecified atom stereocenters. The number of aliphatic imine (C=N–C) groups is 1. The van der Waals surface area contributed by atoms with Crippen LogP contribution >= 0.6 is 0 Å². The summed E-state index contributed by atoms with van der Waals surface area (Å²) < 4.78 is 21.7. The molecule has 0 bridgehead atoms. The quantitative estimate of drug-likeness (QED) is 0.328. The van der Waals surface area contributed by atoms with E-state index >= 15 is 4.39 Å². The Hall–Kier alpha value is -3.61. The Labute approximate surface area is 207 Å². The number of rotatable bonds is 7. The Morgan fingerprint density at radius 2 is 2.00 bits per heavy atom. The third kappa shape index (κ3) is 4.67. The number of nitrogen functional groups attached to an aromatic ring is 1. The number of pyridine rings is 1. The van der Waals surface area contributed by atoms with Gasteiger partial charge in [0.05, 0.1) is 40.1 Å². The minimum absolute atomic E-state index is 0.182. The molecular formula is C26H25B2FN4O2. The summed E-state index contributed by atoms with van der Waals surface area (Å²) in [6, 6.07) is 11.8. The SMILES string of the molecule is [B]C1([B])c2ncccc2C(=O)N1Cc1c(F)cc(-c2ccc(N)c(C=NC)c2)cc1OCC(C)C. The van der Waals surface area contributed by atoms with Crippen molar-refractivity contribution in [3.8, 4) is 16.9 Å². The summed E-state index contributed by atoms with van der Waals surface area (Å²) in [7, 11) is 14.3. The average molecular weight is 466 g/mol. The van der Waals surface area contributed by atoms with Crippen LogP contribution in [0.4, 0.5) is 10.1 Å². The first-order valence-corrected chi connectivity index (χ1v) is 11.3. The number of nitrogens with two attached hydrogens (primary N) is 1. The smallest absolute Gasteiger partial charge is 0.255 e. The molecule has 0 atom stereocenters. The Kier molecular flexibility index (Phi) is 6.70. The number of halogens is 1. The van der Waals surface area contributed by atoms with Gasteiger partial charge in [-0.25, -0.2) is 4.39 Å². The molecule has 6 nitrogen and oxygen atoms in total. The largest absolute Gasteiger partial charge is 0.493 e. The van der Waals surface area contributed by atoms with Crippen molar-refractivity contribution in [1.82, 2.24) is 9.88 Å². The number of aromatic nitrogens is 1. The molecule has 3 aromatic rings. The summed E-state index contributed by atoms with van der Waals surface area (Å²) in [5.41, 5.74) is 9.39. The van der Waals surface area contributed by atoms with E-state index in [-0.39, 0.29) is 23.7 Å². The van der Waals surface area contributed by atoms with Crippen molar-refractivity contribution >= 4 is 33.5 Å². The fraction of sp³-hybridized carbons (Fsp3) is 0.269. The van der Waals surface area contributed by atoms with Gasteiger partial charge >= 0.3 is 0 Å². The van der Waals surface area contributed by atoms with Gasteiger partial charge in [0.15, 0.2) is 0 Å². The van der Waals surface area contributed by atoms with Crippen LogP contribution in [0.1, 0.15) is 41.0 Å². The molecule has 2 aromatic carbocycles. The summed E-state index contributed by atoms with van der Waals surface area (Å²) in [5, 5.41) is -1.68. The second kappa shape index (κ2) is 9.56. The monoisotopic (exact) mass is 466 g/mol. The Balaban J connectivity index is 1.77. The van der Waals surface area contributed by atoms with Crippen molar-refractivity contribution in [2.45, 2.75) is 25.7 Å². The lowest BCUT2D eigenvalue weighted by Crippen LogP contribution is -2.45. The third-order valence-corrected chi connectivity index (χ3v) is 5.84. The van der Waals surface area contributed by atoms with E-state index in [1.54, 1.807) is 43.6 Å². The number of fused-ring (bicyclic) bond motifs is 1. The second-order valence-electron chi connectivity index (χ2n) is 8.99. The number of ether oxygens (including phenoxy) is 1. The molecule has 1 amide bonds. The van der Waals surface area contributed by atoms with Gasteiger partial charge in [-0.15, -0.1) is 0 Å². The number of nitrogens with zero attached hydrogens (tertiary/aromatic N) is 3. The summed E-state index contributed by atoms with van der Waals surface area (Å²) in [6.45, 7) is 4.16. The van der Waals surface area contributed by atoms with Crippen molar-refractivity contribution in [2.75, 3.05) is 19.4 Å². The van der Waals surface area contributed by atoms with Crippen molar-refractivity contribution in [1.29, 1.82) is 0 Å². The molecule has 4 rings (SSSR count). The van der Waals surface area contributed by atoms with E-state index in [0.29, 0.717) is 29.2 Å². The molecular weight excluding hydrogens is 441 g/mol. The normalized spacial score (nSPS) is 14.7. The van der Waals surface area contributed by atoms with Crippen LogP contribution in [0.2, 0.25) is 0 Å². The molecule has 0 saturated heterocycles. The molecule has 35 heavy (non-hydrogen) atoms. The maximum Gasteiger partial charge on any atom is 0.255 e. The standard InChI is InChI=1S/C26H25B2FN4O2/c1-15(2)14-35-23-11-17(16-6-7-22(30)18(9-16)12-31-3)10-21(29)20(23)13-33-25(34)19-5-4-8-32-24(19)26(33,27)28/h4-12,15H,13-14,30H2,1-3H3. The maximum atomic E-state index is 15.6. The predicted molar refractivity (Wildman–Crippen MR) is 137 cm³/mol. The third-order valence-electron chi connectivity index (χ3n) is 5.84. The lowest BCUT2D eigenvalue weighted by Gasteiger charge is -2.33. The van der Waals surface area contributed by atoms with E-state index in [4.69, 9.17) is 26.2 Å². The zero-order chi connectivity index (χ0) is 25.3. The number of amides is 1. The zero-order valence-corrected chi connectivity index (χ0v) is 20.0.